The molecule has 0 saturated carbocycles. The van der Waals surface area contributed by atoms with Gasteiger partial charge in [-0.1, -0.05) is 37.3 Å². The van der Waals surface area contributed by atoms with E-state index in [4.69, 9.17) is 0 Å². The van der Waals surface area contributed by atoms with Gasteiger partial charge in [0.15, 0.2) is 9.84 Å². The van der Waals surface area contributed by atoms with Crippen LogP contribution in [0.25, 0.3) is 0 Å². The van der Waals surface area contributed by atoms with Crippen LogP contribution < -0.4 is 4.90 Å². The van der Waals surface area contributed by atoms with Crippen molar-refractivity contribution in [1.82, 2.24) is 4.90 Å². The molecule has 0 unspecified atom stereocenters. The first-order valence-corrected chi connectivity index (χ1v) is 11.1. The van der Waals surface area contributed by atoms with Gasteiger partial charge in [0.25, 0.3) is 0 Å². The second kappa shape index (κ2) is 6.95. The number of amides is 2. The zero-order chi connectivity index (χ0) is 19.9. The fraction of sp³-hybridized carbons (Fsp3) is 0.333. The van der Waals surface area contributed by atoms with E-state index in [0.29, 0.717) is 11.3 Å². The molecule has 7 heteroatoms. The maximum Gasteiger partial charge on any atom is 0.325 e. The Morgan fingerprint density at radius 1 is 1.07 bits per heavy atom. The lowest BCUT2D eigenvalue weighted by atomic mass is 10.1. The van der Waals surface area contributed by atoms with Gasteiger partial charge in [0.2, 0.25) is 0 Å². The summed E-state index contributed by atoms with van der Waals surface area (Å²) in [5, 5.41) is 9.35. The number of rotatable bonds is 4. The monoisotopic (exact) mass is 395 g/mol. The van der Waals surface area contributed by atoms with Crippen molar-refractivity contribution in [3.8, 4) is 6.07 Å². The number of fused-ring (bicyclic) bond motifs is 1. The third-order valence-corrected chi connectivity index (χ3v) is 7.28. The zero-order valence-electron chi connectivity index (χ0n) is 15.6. The predicted octanol–water partition coefficient (Wildman–Crippen LogP) is 2.73. The molecule has 0 N–H and O–H groups in total. The van der Waals surface area contributed by atoms with Crippen LogP contribution in [0.5, 0.6) is 0 Å². The number of sulfone groups is 1. The lowest BCUT2D eigenvalue weighted by molar-refractivity contribution is 0.206. The van der Waals surface area contributed by atoms with Gasteiger partial charge in [-0.3, -0.25) is 4.90 Å². The summed E-state index contributed by atoms with van der Waals surface area (Å²) < 4.78 is 24.7. The highest BCUT2D eigenvalue weighted by atomic mass is 32.2. The summed E-state index contributed by atoms with van der Waals surface area (Å²) in [5.41, 5.74) is 3.10. The molecule has 2 fully saturated rings. The number of carbonyl (C=O) groups is 1. The van der Waals surface area contributed by atoms with Crippen LogP contribution in [-0.4, -0.2) is 42.9 Å². The second-order valence-corrected chi connectivity index (χ2v) is 9.43. The van der Waals surface area contributed by atoms with Crippen molar-refractivity contribution < 1.29 is 13.2 Å². The van der Waals surface area contributed by atoms with Crippen LogP contribution in [0.15, 0.2) is 48.5 Å². The number of urea groups is 1. The Morgan fingerprint density at radius 2 is 1.75 bits per heavy atom. The van der Waals surface area contributed by atoms with Crippen LogP contribution >= 0.6 is 0 Å². The maximum absolute atomic E-state index is 13.3. The number of hydrogen-bond acceptors (Lipinski definition) is 4. The molecule has 144 valence electrons. The Morgan fingerprint density at radius 3 is 2.43 bits per heavy atom. The Hall–Kier alpha value is -2.85. The molecule has 2 atom stereocenters. The van der Waals surface area contributed by atoms with Crippen LogP contribution in [0.4, 0.5) is 10.5 Å². The number of benzene rings is 2. The van der Waals surface area contributed by atoms with E-state index in [1.807, 2.05) is 36.4 Å². The van der Waals surface area contributed by atoms with E-state index in [1.54, 1.807) is 21.9 Å². The number of anilines is 1. The number of nitriles is 1. The molecular weight excluding hydrogens is 374 g/mol. The van der Waals surface area contributed by atoms with Gasteiger partial charge in [-0.15, -0.1) is 0 Å². The van der Waals surface area contributed by atoms with E-state index in [9.17, 15) is 18.5 Å². The lowest BCUT2D eigenvalue weighted by Gasteiger charge is -2.23. The lowest BCUT2D eigenvalue weighted by Crippen LogP contribution is -2.37. The smallest absolute Gasteiger partial charge is 0.314 e. The molecule has 0 aromatic heterocycles. The van der Waals surface area contributed by atoms with Crippen molar-refractivity contribution in [3.63, 3.8) is 0 Å². The highest BCUT2D eigenvalue weighted by Crippen LogP contribution is 2.36. The summed E-state index contributed by atoms with van der Waals surface area (Å²) >= 11 is 0. The van der Waals surface area contributed by atoms with Crippen molar-refractivity contribution in [2.24, 2.45) is 0 Å². The summed E-state index contributed by atoms with van der Waals surface area (Å²) in [4.78, 5) is 16.5. The molecule has 2 aromatic rings. The molecular formula is C21H21N3O3S. The number of hydrogen-bond donors (Lipinski definition) is 0. The van der Waals surface area contributed by atoms with Gasteiger partial charge in [0.1, 0.15) is 0 Å². The molecule has 0 radical (unpaired) electrons. The van der Waals surface area contributed by atoms with Crippen molar-refractivity contribution in [3.05, 3.63) is 65.2 Å². The fourth-order valence-electron chi connectivity index (χ4n) is 4.11. The molecule has 0 bridgehead atoms. The highest BCUT2D eigenvalue weighted by molar-refractivity contribution is 7.91. The van der Waals surface area contributed by atoms with Gasteiger partial charge in [-0.05, 0) is 35.7 Å². The Kier molecular flexibility index (Phi) is 4.60. The summed E-state index contributed by atoms with van der Waals surface area (Å²) in [6.45, 7) is 2.28. The molecule has 2 saturated heterocycles. The minimum Gasteiger partial charge on any atom is -0.314 e. The zero-order valence-corrected chi connectivity index (χ0v) is 16.4. The first-order valence-electron chi connectivity index (χ1n) is 9.30. The number of nitrogens with zero attached hydrogens (tertiary/aromatic N) is 3. The van der Waals surface area contributed by atoms with Gasteiger partial charge in [-0.2, -0.15) is 5.26 Å². The summed E-state index contributed by atoms with van der Waals surface area (Å²) in [6.07, 6.45) is 0.895. The van der Waals surface area contributed by atoms with Crippen molar-refractivity contribution in [1.29, 1.82) is 5.26 Å². The molecule has 28 heavy (non-hydrogen) atoms. The van der Waals surface area contributed by atoms with E-state index in [-0.39, 0.29) is 24.1 Å². The normalized spacial score (nSPS) is 22.9. The molecule has 4 rings (SSSR count). The molecule has 2 aromatic carbocycles. The first-order chi connectivity index (χ1) is 13.4. The van der Waals surface area contributed by atoms with Crippen LogP contribution in [-0.2, 0) is 22.8 Å². The van der Waals surface area contributed by atoms with E-state index < -0.39 is 21.9 Å². The van der Waals surface area contributed by atoms with E-state index in [0.717, 1.165) is 17.5 Å². The number of aryl methyl sites for hydroxylation is 1. The predicted molar refractivity (Wildman–Crippen MR) is 107 cm³/mol. The van der Waals surface area contributed by atoms with E-state index >= 15 is 0 Å². The van der Waals surface area contributed by atoms with Gasteiger partial charge in [0, 0.05) is 12.2 Å². The van der Waals surface area contributed by atoms with Crippen LogP contribution in [0.1, 0.15) is 23.6 Å². The maximum atomic E-state index is 13.3. The van der Waals surface area contributed by atoms with Crippen molar-refractivity contribution in [2.45, 2.75) is 32.0 Å². The Bertz CT molecular complexity index is 1060. The first kappa shape index (κ1) is 18.5. The van der Waals surface area contributed by atoms with Crippen LogP contribution in [0.2, 0.25) is 0 Å². The average Bonchev–Trinajstić information content (AvgIpc) is 3.12. The minimum atomic E-state index is -3.22. The standard InChI is InChI=1S/C21H21N3O3S/c1-2-15-7-9-18(10-8-15)24-20-14-28(26,27)13-19(20)23(21(24)25)12-17-6-4-3-5-16(17)11-22/h3-10,19-20H,2,12-14H2,1H3/t19-,20-/m0/s1. The van der Waals surface area contributed by atoms with Crippen molar-refractivity contribution >= 4 is 21.6 Å². The fourth-order valence-corrected chi connectivity index (χ4v) is 6.06. The summed E-state index contributed by atoms with van der Waals surface area (Å²) in [5.74, 6) is -0.0724. The van der Waals surface area contributed by atoms with Crippen molar-refractivity contribution in [2.75, 3.05) is 16.4 Å². The highest BCUT2D eigenvalue weighted by Gasteiger charge is 2.53. The molecule has 2 amide bonds. The van der Waals surface area contributed by atoms with Gasteiger partial charge in [0.05, 0.1) is 35.2 Å². The third kappa shape index (κ3) is 3.14. The van der Waals surface area contributed by atoms with Crippen LogP contribution in [0.3, 0.4) is 0 Å². The molecule has 0 spiro atoms. The van der Waals surface area contributed by atoms with E-state index in [2.05, 4.69) is 13.0 Å². The molecule has 2 aliphatic heterocycles. The largest absolute Gasteiger partial charge is 0.325 e. The molecule has 0 aliphatic carbocycles. The summed E-state index contributed by atoms with van der Waals surface area (Å²) in [6, 6.07) is 15.9. The summed E-state index contributed by atoms with van der Waals surface area (Å²) in [7, 11) is -3.22. The molecule has 6 nitrogen and oxygen atoms in total. The van der Waals surface area contributed by atoms with Gasteiger partial charge in [-0.25, -0.2) is 13.2 Å². The topological polar surface area (TPSA) is 81.5 Å². The molecule has 2 aliphatic rings. The number of carbonyl (C=O) groups excluding carboxylic acids is 1. The average molecular weight is 395 g/mol. The van der Waals surface area contributed by atoms with Gasteiger partial charge < -0.3 is 4.90 Å². The third-order valence-electron chi connectivity index (χ3n) is 5.58. The second-order valence-electron chi connectivity index (χ2n) is 7.28. The Labute approximate surface area is 164 Å². The van der Waals surface area contributed by atoms with Crippen LogP contribution in [0, 0.1) is 11.3 Å². The quantitative estimate of drug-likeness (QED) is 0.746. The molecule has 2 heterocycles. The van der Waals surface area contributed by atoms with Gasteiger partial charge >= 0.3 is 6.03 Å². The Balaban J connectivity index is 1.71. The van der Waals surface area contributed by atoms with E-state index in [1.165, 1.54) is 0 Å². The SMILES string of the molecule is CCc1ccc(N2C(=O)N(Cc3ccccc3C#N)[C@H]3CS(=O)(=O)C[C@@H]32)cc1. The minimum absolute atomic E-state index is 0.0324.